The van der Waals surface area contributed by atoms with Gasteiger partial charge in [0.1, 0.15) is 0 Å². The van der Waals surface area contributed by atoms with Gasteiger partial charge in [0.15, 0.2) is 5.82 Å². The largest absolute Gasteiger partial charge is 0.280 e. The molecule has 1 aliphatic heterocycles. The van der Waals surface area contributed by atoms with Crippen molar-refractivity contribution in [3.63, 3.8) is 0 Å². The fraction of sp³-hybridized carbons (Fsp3) is 0.562. The van der Waals surface area contributed by atoms with E-state index in [-0.39, 0.29) is 0 Å². The van der Waals surface area contributed by atoms with Gasteiger partial charge in [-0.15, -0.1) is 5.10 Å². The van der Waals surface area contributed by atoms with E-state index in [4.69, 9.17) is 0 Å². The summed E-state index contributed by atoms with van der Waals surface area (Å²) in [5, 5.41) is 11.7. The molecule has 3 unspecified atom stereocenters. The van der Waals surface area contributed by atoms with E-state index in [0.717, 1.165) is 12.1 Å². The van der Waals surface area contributed by atoms with Crippen molar-refractivity contribution in [2.45, 2.75) is 33.2 Å². The van der Waals surface area contributed by atoms with Crippen LogP contribution in [-0.2, 0) is 10.2 Å². The van der Waals surface area contributed by atoms with Gasteiger partial charge in [-0.2, -0.15) is 22.1 Å². The molecular formula is C16H24N6O2S. The van der Waals surface area contributed by atoms with Crippen LogP contribution < -0.4 is 4.72 Å². The Balaban J connectivity index is 1.79. The topological polar surface area (TPSA) is 93.0 Å². The van der Waals surface area contributed by atoms with Crippen molar-refractivity contribution >= 4 is 10.2 Å². The molecule has 0 aliphatic carbocycles. The summed E-state index contributed by atoms with van der Waals surface area (Å²) < 4.78 is 31.3. The van der Waals surface area contributed by atoms with E-state index in [1.54, 1.807) is 11.6 Å². The predicted octanol–water partition coefficient (Wildman–Crippen LogP) is 1.54. The molecule has 3 atom stereocenters. The number of nitrogens with zero attached hydrogens (tertiary/aromatic N) is 5. The van der Waals surface area contributed by atoms with E-state index >= 15 is 0 Å². The summed E-state index contributed by atoms with van der Waals surface area (Å²) in [4.78, 5) is 0. The lowest BCUT2D eigenvalue weighted by Crippen LogP contribution is -2.48. The molecule has 136 valence electrons. The minimum Gasteiger partial charge on any atom is -0.196 e. The Morgan fingerprint density at radius 3 is 2.44 bits per heavy atom. The zero-order chi connectivity index (χ0) is 18.0. The average Bonchev–Trinajstić information content (AvgIpc) is 3.04. The maximum atomic E-state index is 12.8. The number of piperidine rings is 1. The number of benzene rings is 1. The molecule has 2 heterocycles. The first-order chi connectivity index (χ1) is 11.9. The van der Waals surface area contributed by atoms with Crippen LogP contribution in [0.2, 0.25) is 0 Å². The van der Waals surface area contributed by atoms with Crippen molar-refractivity contribution in [2.75, 3.05) is 13.1 Å². The lowest BCUT2D eigenvalue weighted by Gasteiger charge is -2.34. The van der Waals surface area contributed by atoms with Crippen LogP contribution >= 0.6 is 0 Å². The Hall–Kier alpha value is -1.84. The van der Waals surface area contributed by atoms with E-state index < -0.39 is 16.3 Å². The Morgan fingerprint density at radius 1 is 1.16 bits per heavy atom. The average molecular weight is 364 g/mol. The number of aromatic nitrogens is 4. The summed E-state index contributed by atoms with van der Waals surface area (Å²) in [6, 6.07) is 8.86. The van der Waals surface area contributed by atoms with Gasteiger partial charge in [0.25, 0.3) is 10.2 Å². The number of hydrogen-bond donors (Lipinski definition) is 1. The number of hydrogen-bond acceptors (Lipinski definition) is 5. The number of nitrogens with one attached hydrogen (secondary N) is 1. The van der Waals surface area contributed by atoms with Crippen LogP contribution in [0.5, 0.6) is 0 Å². The van der Waals surface area contributed by atoms with Gasteiger partial charge in [0, 0.05) is 13.1 Å². The first-order valence-corrected chi connectivity index (χ1v) is 9.92. The summed E-state index contributed by atoms with van der Waals surface area (Å²) >= 11 is 0. The molecule has 1 fully saturated rings. The second-order valence-electron chi connectivity index (χ2n) is 6.89. The number of para-hydroxylation sites is 1. The van der Waals surface area contributed by atoms with Gasteiger partial charge in [-0.1, -0.05) is 32.0 Å². The highest BCUT2D eigenvalue weighted by atomic mass is 32.2. The molecular weight excluding hydrogens is 340 g/mol. The number of tetrazole rings is 1. The molecule has 1 saturated heterocycles. The zero-order valence-electron chi connectivity index (χ0n) is 14.7. The van der Waals surface area contributed by atoms with Crippen LogP contribution in [0.25, 0.3) is 5.69 Å². The molecule has 1 N–H and O–H groups in total. The predicted molar refractivity (Wildman–Crippen MR) is 94.1 cm³/mol. The minimum absolute atomic E-state index is 0.352. The van der Waals surface area contributed by atoms with Gasteiger partial charge in [0.2, 0.25) is 0 Å². The molecule has 0 spiro atoms. The van der Waals surface area contributed by atoms with Crippen molar-refractivity contribution in [1.29, 1.82) is 0 Å². The van der Waals surface area contributed by atoms with Crippen LogP contribution in [0.15, 0.2) is 30.3 Å². The van der Waals surface area contributed by atoms with Crippen molar-refractivity contribution in [2.24, 2.45) is 11.8 Å². The molecule has 0 radical (unpaired) electrons. The Bertz CT molecular complexity index is 797. The molecule has 25 heavy (non-hydrogen) atoms. The van der Waals surface area contributed by atoms with E-state index in [9.17, 15) is 8.42 Å². The fourth-order valence-corrected chi connectivity index (χ4v) is 4.97. The Kier molecular flexibility index (Phi) is 5.16. The van der Waals surface area contributed by atoms with E-state index in [1.165, 1.54) is 4.31 Å². The van der Waals surface area contributed by atoms with Crippen molar-refractivity contribution in [3.8, 4) is 5.69 Å². The van der Waals surface area contributed by atoms with Crippen LogP contribution in [-0.4, -0.2) is 46.0 Å². The van der Waals surface area contributed by atoms with Gasteiger partial charge in [0.05, 0.1) is 11.7 Å². The van der Waals surface area contributed by atoms with Crippen molar-refractivity contribution < 1.29 is 8.42 Å². The Labute approximate surface area is 148 Å². The van der Waals surface area contributed by atoms with Crippen LogP contribution in [0.3, 0.4) is 0 Å². The van der Waals surface area contributed by atoms with Crippen molar-refractivity contribution in [3.05, 3.63) is 36.2 Å². The summed E-state index contributed by atoms with van der Waals surface area (Å²) in [5.74, 6) is 1.16. The maximum Gasteiger partial charge on any atom is 0.280 e. The monoisotopic (exact) mass is 364 g/mol. The number of rotatable bonds is 5. The molecule has 0 bridgehead atoms. The highest BCUT2D eigenvalue weighted by Gasteiger charge is 2.32. The highest BCUT2D eigenvalue weighted by molar-refractivity contribution is 7.87. The third-order valence-electron chi connectivity index (χ3n) is 4.38. The summed E-state index contributed by atoms with van der Waals surface area (Å²) in [5.41, 5.74) is 0.786. The first kappa shape index (κ1) is 18.0. The Morgan fingerprint density at radius 2 is 1.80 bits per heavy atom. The van der Waals surface area contributed by atoms with Gasteiger partial charge in [-0.05, 0) is 47.7 Å². The normalized spacial score (nSPS) is 23.5. The molecule has 0 amide bonds. The summed E-state index contributed by atoms with van der Waals surface area (Å²) in [6.07, 6.45) is 1.05. The lowest BCUT2D eigenvalue weighted by molar-refractivity contribution is 0.219. The van der Waals surface area contributed by atoms with E-state index in [1.807, 2.05) is 30.3 Å². The van der Waals surface area contributed by atoms with Crippen LogP contribution in [0.1, 0.15) is 39.1 Å². The zero-order valence-corrected chi connectivity index (χ0v) is 15.5. The third kappa shape index (κ3) is 4.05. The minimum atomic E-state index is -3.60. The molecule has 8 nitrogen and oxygen atoms in total. The smallest absolute Gasteiger partial charge is 0.196 e. The molecule has 1 aliphatic rings. The maximum absolute atomic E-state index is 12.8. The standard InChI is InChI=1S/C16H24N6O2S/c1-12-9-13(2)11-21(10-12)25(23,24)18-14(3)16-17-19-20-22(16)15-7-5-4-6-8-15/h4-8,12-14,18H,9-11H2,1-3H3. The highest BCUT2D eigenvalue weighted by Crippen LogP contribution is 2.24. The van der Waals surface area contributed by atoms with Gasteiger partial charge in [-0.3, -0.25) is 0 Å². The van der Waals surface area contributed by atoms with Crippen LogP contribution in [0, 0.1) is 11.8 Å². The molecule has 3 rings (SSSR count). The second kappa shape index (κ2) is 7.19. The SMILES string of the molecule is CC1CC(C)CN(S(=O)(=O)NC(C)c2nnnn2-c2ccccc2)C1. The quantitative estimate of drug-likeness (QED) is 0.868. The van der Waals surface area contributed by atoms with E-state index in [0.29, 0.717) is 30.7 Å². The van der Waals surface area contributed by atoms with Crippen LogP contribution in [0.4, 0.5) is 0 Å². The third-order valence-corrected chi connectivity index (χ3v) is 6.01. The molecule has 2 aromatic rings. The molecule has 9 heteroatoms. The van der Waals surface area contributed by atoms with Gasteiger partial charge in [-0.25, -0.2) is 0 Å². The molecule has 0 saturated carbocycles. The first-order valence-electron chi connectivity index (χ1n) is 8.48. The molecule has 1 aromatic carbocycles. The fourth-order valence-electron chi connectivity index (χ4n) is 3.37. The molecule has 1 aromatic heterocycles. The summed E-state index contributed by atoms with van der Waals surface area (Å²) in [7, 11) is -3.60. The lowest BCUT2D eigenvalue weighted by atomic mass is 9.94. The van der Waals surface area contributed by atoms with Gasteiger partial charge < -0.3 is 0 Å². The van der Waals surface area contributed by atoms with E-state index in [2.05, 4.69) is 34.1 Å². The second-order valence-corrected chi connectivity index (χ2v) is 8.59. The van der Waals surface area contributed by atoms with Crippen molar-refractivity contribution in [1.82, 2.24) is 29.2 Å². The van der Waals surface area contributed by atoms with Gasteiger partial charge >= 0.3 is 0 Å². The summed E-state index contributed by atoms with van der Waals surface area (Å²) in [6.45, 7) is 6.99.